The Bertz CT molecular complexity index is 1390. The molecule has 32 heavy (non-hydrogen) atoms. The van der Waals surface area contributed by atoms with Gasteiger partial charge >= 0.3 is 0 Å². The minimum Gasteiger partial charge on any atom is -0.360 e. The highest BCUT2D eigenvalue weighted by Gasteiger charge is 2.40. The van der Waals surface area contributed by atoms with Gasteiger partial charge in [0.25, 0.3) is 5.82 Å². The third kappa shape index (κ3) is 2.95. The Balaban J connectivity index is 1.44. The molecule has 1 aromatic carbocycles. The summed E-state index contributed by atoms with van der Waals surface area (Å²) in [5, 5.41) is 4.67. The van der Waals surface area contributed by atoms with Gasteiger partial charge in [-0.15, -0.1) is 4.52 Å². The highest BCUT2D eigenvalue weighted by Crippen LogP contribution is 2.38. The zero-order valence-corrected chi connectivity index (χ0v) is 17.0. The van der Waals surface area contributed by atoms with Crippen LogP contribution < -0.4 is 0 Å². The van der Waals surface area contributed by atoms with Crippen molar-refractivity contribution in [2.75, 3.05) is 13.1 Å². The molecule has 1 amide bonds. The first-order chi connectivity index (χ1) is 15.6. The van der Waals surface area contributed by atoms with Crippen LogP contribution in [0.15, 0.2) is 48.9 Å². The van der Waals surface area contributed by atoms with Crippen molar-refractivity contribution >= 4 is 17.4 Å². The molecule has 0 bridgehead atoms. The molecule has 1 aliphatic carbocycles. The second-order valence-electron chi connectivity index (χ2n) is 8.24. The van der Waals surface area contributed by atoms with E-state index in [2.05, 4.69) is 19.9 Å². The number of likely N-dealkylation sites (tertiary alicyclic amines) is 1. The number of benzene rings is 1. The van der Waals surface area contributed by atoms with E-state index in [1.165, 1.54) is 22.8 Å². The molecule has 4 heterocycles. The van der Waals surface area contributed by atoms with Crippen molar-refractivity contribution in [3.8, 4) is 22.6 Å². The van der Waals surface area contributed by atoms with Crippen LogP contribution in [-0.2, 0) is 4.79 Å². The number of aromatic nitrogens is 5. The molecule has 0 atom stereocenters. The fourth-order valence-electron chi connectivity index (χ4n) is 4.17. The number of fused-ring (bicyclic) bond motifs is 1. The van der Waals surface area contributed by atoms with Gasteiger partial charge in [0.15, 0.2) is 0 Å². The fraction of sp³-hybridized carbons (Fsp3) is 0.261. The van der Waals surface area contributed by atoms with E-state index in [4.69, 9.17) is 6.57 Å². The Hall–Kier alpha value is -4.06. The third-order valence-electron chi connectivity index (χ3n) is 6.11. The van der Waals surface area contributed by atoms with Crippen molar-refractivity contribution in [2.24, 2.45) is 5.92 Å². The molecular formula is C23H18FN7O. The number of carbonyl (C=O) groups excluding carboxylic acids is 1. The summed E-state index contributed by atoms with van der Waals surface area (Å²) in [6.07, 6.45) is 5.23. The quantitative estimate of drug-likeness (QED) is 0.465. The Morgan fingerprint density at radius 2 is 1.88 bits per heavy atom. The van der Waals surface area contributed by atoms with Crippen molar-refractivity contribution in [1.29, 1.82) is 0 Å². The first-order valence-electron chi connectivity index (χ1n) is 10.5. The van der Waals surface area contributed by atoms with Crippen molar-refractivity contribution in [2.45, 2.75) is 18.9 Å². The standard InChI is InChI=1S/C23H18FN7O/c1-25-20-10-26-19-9-8-18(28-31(19)20)22-21(14-4-6-16(24)7-5-14)27-13-30(22)17-11-29(12-17)23(32)15-2-3-15/h4-10,13,15,17H,2-3,11-12H2. The van der Waals surface area contributed by atoms with Gasteiger partial charge in [-0.25, -0.2) is 14.4 Å². The van der Waals surface area contributed by atoms with Gasteiger partial charge in [-0.3, -0.25) is 4.79 Å². The summed E-state index contributed by atoms with van der Waals surface area (Å²) in [6, 6.07) is 9.93. The minimum atomic E-state index is -0.317. The number of imidazole rings is 2. The van der Waals surface area contributed by atoms with Crippen molar-refractivity contribution < 1.29 is 9.18 Å². The van der Waals surface area contributed by atoms with E-state index in [1.807, 2.05) is 21.6 Å². The Kier molecular flexibility index (Phi) is 4.08. The fourth-order valence-corrected chi connectivity index (χ4v) is 4.17. The largest absolute Gasteiger partial charge is 0.360 e. The molecule has 1 aliphatic heterocycles. The van der Waals surface area contributed by atoms with E-state index in [0.717, 1.165) is 24.1 Å². The first kappa shape index (κ1) is 18.7. The minimum absolute atomic E-state index is 0.0787. The monoisotopic (exact) mass is 427 g/mol. The summed E-state index contributed by atoms with van der Waals surface area (Å²) in [6.45, 7) is 8.62. The lowest BCUT2D eigenvalue weighted by molar-refractivity contribution is -0.138. The van der Waals surface area contributed by atoms with E-state index in [-0.39, 0.29) is 23.7 Å². The predicted molar refractivity (Wildman–Crippen MR) is 114 cm³/mol. The number of hydrogen-bond donors (Lipinski definition) is 0. The maximum absolute atomic E-state index is 13.5. The molecule has 9 heteroatoms. The molecule has 0 radical (unpaired) electrons. The number of carbonyl (C=O) groups is 1. The van der Waals surface area contributed by atoms with Crippen molar-refractivity contribution in [3.05, 3.63) is 66.2 Å². The molecule has 4 aromatic rings. The Labute approximate surface area is 182 Å². The van der Waals surface area contributed by atoms with Crippen LogP contribution >= 0.6 is 0 Å². The molecule has 1 saturated carbocycles. The van der Waals surface area contributed by atoms with Crippen LogP contribution in [0.5, 0.6) is 0 Å². The van der Waals surface area contributed by atoms with E-state index in [1.54, 1.807) is 18.5 Å². The lowest BCUT2D eigenvalue weighted by Gasteiger charge is -2.40. The molecule has 0 N–H and O–H groups in total. The average Bonchev–Trinajstić information content (AvgIpc) is 3.42. The lowest BCUT2D eigenvalue weighted by atomic mass is 10.0. The molecule has 3 aromatic heterocycles. The summed E-state index contributed by atoms with van der Waals surface area (Å²) in [7, 11) is 0. The Morgan fingerprint density at radius 1 is 1.09 bits per heavy atom. The molecule has 1 saturated heterocycles. The number of halogens is 1. The molecule has 158 valence electrons. The number of rotatable bonds is 4. The second kappa shape index (κ2) is 6.99. The summed E-state index contributed by atoms with van der Waals surface area (Å²) in [5.41, 5.74) is 3.42. The molecule has 0 spiro atoms. The average molecular weight is 427 g/mol. The van der Waals surface area contributed by atoms with E-state index in [9.17, 15) is 9.18 Å². The lowest BCUT2D eigenvalue weighted by Crippen LogP contribution is -2.51. The normalized spacial score (nSPS) is 16.2. The summed E-state index contributed by atoms with van der Waals surface area (Å²) in [4.78, 5) is 26.6. The predicted octanol–water partition coefficient (Wildman–Crippen LogP) is 3.74. The molecule has 0 unspecified atom stereocenters. The van der Waals surface area contributed by atoms with Gasteiger partial charge in [0.1, 0.15) is 11.5 Å². The number of hydrogen-bond acceptors (Lipinski definition) is 4. The van der Waals surface area contributed by atoms with Gasteiger partial charge in [0, 0.05) is 30.6 Å². The topological polar surface area (TPSA) is 72.7 Å². The van der Waals surface area contributed by atoms with Crippen LogP contribution in [0.4, 0.5) is 10.2 Å². The number of nitrogens with zero attached hydrogens (tertiary/aromatic N) is 7. The third-order valence-corrected chi connectivity index (χ3v) is 6.11. The van der Waals surface area contributed by atoms with Crippen LogP contribution in [0.1, 0.15) is 18.9 Å². The van der Waals surface area contributed by atoms with Gasteiger partial charge in [0.2, 0.25) is 11.6 Å². The van der Waals surface area contributed by atoms with E-state index >= 15 is 0 Å². The molecule has 2 aliphatic rings. The number of amides is 1. The summed E-state index contributed by atoms with van der Waals surface area (Å²) >= 11 is 0. The van der Waals surface area contributed by atoms with Gasteiger partial charge in [-0.2, -0.15) is 0 Å². The smallest absolute Gasteiger partial charge is 0.275 e. The maximum atomic E-state index is 13.5. The maximum Gasteiger partial charge on any atom is 0.275 e. The Morgan fingerprint density at radius 3 is 2.59 bits per heavy atom. The first-order valence-corrected chi connectivity index (χ1v) is 10.5. The van der Waals surface area contributed by atoms with Gasteiger partial charge in [-0.05, 0) is 43.2 Å². The summed E-state index contributed by atoms with van der Waals surface area (Å²) in [5.74, 6) is 0.440. The second-order valence-corrected chi connectivity index (χ2v) is 8.24. The van der Waals surface area contributed by atoms with Crippen molar-refractivity contribution in [3.63, 3.8) is 0 Å². The zero-order chi connectivity index (χ0) is 21.8. The molecular weight excluding hydrogens is 409 g/mol. The van der Waals surface area contributed by atoms with Crippen LogP contribution in [0.2, 0.25) is 0 Å². The molecule has 8 nitrogen and oxygen atoms in total. The zero-order valence-electron chi connectivity index (χ0n) is 17.0. The van der Waals surface area contributed by atoms with Crippen molar-refractivity contribution in [1.82, 2.24) is 29.0 Å². The summed E-state index contributed by atoms with van der Waals surface area (Å²) < 4.78 is 17.1. The van der Waals surface area contributed by atoms with Gasteiger partial charge in [-0.1, -0.05) is 11.7 Å². The van der Waals surface area contributed by atoms with E-state index in [0.29, 0.717) is 35.9 Å². The van der Waals surface area contributed by atoms with Gasteiger partial charge < -0.3 is 14.3 Å². The van der Waals surface area contributed by atoms with Crippen LogP contribution in [0, 0.1) is 18.3 Å². The molecule has 6 rings (SSSR count). The van der Waals surface area contributed by atoms with Crippen LogP contribution in [0.3, 0.4) is 0 Å². The van der Waals surface area contributed by atoms with Crippen LogP contribution in [-0.4, -0.2) is 48.0 Å². The SMILES string of the molecule is [C-]#[N+]c1cnc2ccc(-c3c(-c4ccc(F)cc4)ncn3C3CN(C(=O)C4CC4)C3)nn12. The van der Waals surface area contributed by atoms with Crippen LogP contribution in [0.25, 0.3) is 33.1 Å². The van der Waals surface area contributed by atoms with E-state index < -0.39 is 0 Å². The highest BCUT2D eigenvalue weighted by atomic mass is 19.1. The highest BCUT2D eigenvalue weighted by molar-refractivity contribution is 5.82. The molecule has 2 fully saturated rings. The van der Waals surface area contributed by atoms with Gasteiger partial charge in [0.05, 0.1) is 30.0 Å².